The van der Waals surface area contributed by atoms with Crippen LogP contribution in [0.1, 0.15) is 57.1 Å². The van der Waals surface area contributed by atoms with Gasteiger partial charge in [0, 0.05) is 50.1 Å². The molecule has 7 nitrogen and oxygen atoms in total. The number of fused-ring (bicyclic) bond motifs is 1. The van der Waals surface area contributed by atoms with Gasteiger partial charge in [0.25, 0.3) is 0 Å². The summed E-state index contributed by atoms with van der Waals surface area (Å²) < 4.78 is 11.5. The lowest BCUT2D eigenvalue weighted by atomic mass is 10.1. The van der Waals surface area contributed by atoms with Crippen molar-refractivity contribution in [3.63, 3.8) is 0 Å². The lowest BCUT2D eigenvalue weighted by molar-refractivity contribution is -0.130. The average molecular weight is 417 g/mol. The fourth-order valence-corrected chi connectivity index (χ4v) is 4.05. The highest BCUT2D eigenvalue weighted by atomic mass is 16.5. The molecule has 1 unspecified atom stereocenters. The fourth-order valence-electron chi connectivity index (χ4n) is 4.05. The Kier molecular flexibility index (Phi) is 8.22. The van der Waals surface area contributed by atoms with Crippen LogP contribution < -0.4 is 20.1 Å². The summed E-state index contributed by atoms with van der Waals surface area (Å²) in [5.74, 6) is 2.86. The molecule has 2 aliphatic heterocycles. The smallest absolute Gasteiger partial charge is 0.222 e. The molecule has 1 saturated heterocycles. The zero-order valence-electron chi connectivity index (χ0n) is 18.6. The number of amides is 1. The van der Waals surface area contributed by atoms with E-state index in [1.54, 1.807) is 7.11 Å². The van der Waals surface area contributed by atoms with Crippen LogP contribution in [0, 0.1) is 0 Å². The number of nitrogens with one attached hydrogen (secondary N) is 2. The molecule has 2 N–H and O–H groups in total. The lowest BCUT2D eigenvalue weighted by Gasteiger charge is -2.20. The summed E-state index contributed by atoms with van der Waals surface area (Å²) in [7, 11) is 1.70. The second-order valence-corrected chi connectivity index (χ2v) is 8.07. The van der Waals surface area contributed by atoms with Gasteiger partial charge in [-0.1, -0.05) is 6.42 Å². The summed E-state index contributed by atoms with van der Waals surface area (Å²) in [6.45, 7) is 7.91. The first-order chi connectivity index (χ1) is 14.6. The number of hydrogen-bond donors (Lipinski definition) is 2. The molecule has 30 heavy (non-hydrogen) atoms. The minimum atomic E-state index is 0.207. The van der Waals surface area contributed by atoms with Crippen LogP contribution in [0.2, 0.25) is 0 Å². The third-order valence-electron chi connectivity index (χ3n) is 5.62. The van der Waals surface area contributed by atoms with Gasteiger partial charge < -0.3 is 25.0 Å². The van der Waals surface area contributed by atoms with Gasteiger partial charge in [-0.15, -0.1) is 0 Å². The Morgan fingerprint density at radius 1 is 1.30 bits per heavy atom. The monoisotopic (exact) mass is 416 g/mol. The number of rotatable bonds is 8. The zero-order valence-corrected chi connectivity index (χ0v) is 18.6. The first-order valence-electron chi connectivity index (χ1n) is 11.3. The summed E-state index contributed by atoms with van der Waals surface area (Å²) in [5.41, 5.74) is 2.21. The molecule has 2 aliphatic rings. The van der Waals surface area contributed by atoms with Gasteiger partial charge in [-0.3, -0.25) is 4.79 Å². The van der Waals surface area contributed by atoms with Crippen molar-refractivity contribution in [3.8, 4) is 11.5 Å². The van der Waals surface area contributed by atoms with Gasteiger partial charge >= 0.3 is 0 Å². The predicted molar refractivity (Wildman–Crippen MR) is 119 cm³/mol. The van der Waals surface area contributed by atoms with Crippen LogP contribution in [0.4, 0.5) is 0 Å². The van der Waals surface area contributed by atoms with E-state index in [-0.39, 0.29) is 6.10 Å². The van der Waals surface area contributed by atoms with E-state index in [4.69, 9.17) is 14.5 Å². The van der Waals surface area contributed by atoms with Gasteiger partial charge in [-0.2, -0.15) is 0 Å². The van der Waals surface area contributed by atoms with Crippen LogP contribution in [0.25, 0.3) is 0 Å². The van der Waals surface area contributed by atoms with Crippen molar-refractivity contribution in [1.29, 1.82) is 0 Å². The SMILES string of the molecule is CCNC(=NCc1cc2c(cc1OC)CC(C)O2)NCCCN1CCCCCC1=O. The molecular formula is C23H36N4O3. The number of methoxy groups -OCH3 is 1. The molecule has 0 bridgehead atoms. The quantitative estimate of drug-likeness (QED) is 0.387. The van der Waals surface area contributed by atoms with Gasteiger partial charge in [0.05, 0.1) is 13.7 Å². The van der Waals surface area contributed by atoms with Crippen LogP contribution in [-0.4, -0.2) is 56.2 Å². The average Bonchev–Trinajstić information content (AvgIpc) is 2.97. The highest BCUT2D eigenvalue weighted by molar-refractivity contribution is 5.79. The van der Waals surface area contributed by atoms with Crippen LogP contribution in [0.5, 0.6) is 11.5 Å². The number of carbonyl (C=O) groups is 1. The molecule has 2 heterocycles. The summed E-state index contributed by atoms with van der Waals surface area (Å²) in [6.07, 6.45) is 6.04. The Morgan fingerprint density at radius 3 is 2.97 bits per heavy atom. The standard InChI is InChI=1S/C23H36N4O3/c1-4-24-23(25-10-8-12-27-11-7-5-6-9-22(27)28)26-16-19-15-21-18(13-17(2)30-21)14-20(19)29-3/h14-15,17H,4-13,16H2,1-3H3,(H2,24,25,26). The van der Waals surface area contributed by atoms with Crippen molar-refractivity contribution in [2.24, 2.45) is 4.99 Å². The van der Waals surface area contributed by atoms with E-state index < -0.39 is 0 Å². The van der Waals surface area contributed by atoms with Crippen molar-refractivity contribution in [2.45, 2.75) is 65.0 Å². The van der Waals surface area contributed by atoms with Gasteiger partial charge in [0.2, 0.25) is 5.91 Å². The van der Waals surface area contributed by atoms with E-state index in [1.807, 2.05) is 4.90 Å². The third kappa shape index (κ3) is 6.03. The molecule has 1 aromatic rings. The molecule has 1 fully saturated rings. The normalized spacial score (nSPS) is 19.2. The number of guanidine groups is 1. The van der Waals surface area contributed by atoms with Crippen molar-refractivity contribution in [2.75, 3.05) is 33.3 Å². The number of ether oxygens (including phenoxy) is 2. The van der Waals surface area contributed by atoms with E-state index in [0.717, 1.165) is 81.3 Å². The van der Waals surface area contributed by atoms with Crippen molar-refractivity contribution < 1.29 is 14.3 Å². The van der Waals surface area contributed by atoms with Crippen LogP contribution >= 0.6 is 0 Å². The molecule has 0 aliphatic carbocycles. The largest absolute Gasteiger partial charge is 0.496 e. The molecule has 166 valence electrons. The third-order valence-corrected chi connectivity index (χ3v) is 5.62. The highest BCUT2D eigenvalue weighted by Gasteiger charge is 2.21. The van der Waals surface area contributed by atoms with E-state index in [1.165, 1.54) is 5.56 Å². The topological polar surface area (TPSA) is 75.2 Å². The molecule has 1 atom stereocenters. The zero-order chi connectivity index (χ0) is 21.3. The van der Waals surface area contributed by atoms with E-state index >= 15 is 0 Å². The molecule has 0 aromatic heterocycles. The number of hydrogen-bond acceptors (Lipinski definition) is 4. The summed E-state index contributed by atoms with van der Waals surface area (Å²) in [4.78, 5) is 18.9. The van der Waals surface area contributed by atoms with Crippen molar-refractivity contribution in [1.82, 2.24) is 15.5 Å². The van der Waals surface area contributed by atoms with Gasteiger partial charge in [0.1, 0.15) is 17.6 Å². The Bertz CT molecular complexity index is 750. The number of carbonyl (C=O) groups excluding carboxylic acids is 1. The maximum absolute atomic E-state index is 12.1. The molecule has 1 amide bonds. The number of nitrogens with zero attached hydrogens (tertiary/aromatic N) is 2. The molecule has 7 heteroatoms. The number of benzene rings is 1. The molecule has 3 rings (SSSR count). The Hall–Kier alpha value is -2.44. The van der Waals surface area contributed by atoms with Gasteiger partial charge in [-0.25, -0.2) is 4.99 Å². The minimum Gasteiger partial charge on any atom is -0.496 e. The first kappa shape index (κ1) is 22.2. The van der Waals surface area contributed by atoms with E-state index in [9.17, 15) is 4.79 Å². The Morgan fingerprint density at radius 2 is 2.17 bits per heavy atom. The minimum absolute atomic E-state index is 0.207. The maximum Gasteiger partial charge on any atom is 0.222 e. The molecule has 0 radical (unpaired) electrons. The Balaban J connectivity index is 1.54. The van der Waals surface area contributed by atoms with E-state index in [0.29, 0.717) is 18.9 Å². The Labute approximate surface area is 180 Å². The first-order valence-corrected chi connectivity index (χ1v) is 11.3. The molecule has 1 aromatic carbocycles. The summed E-state index contributed by atoms with van der Waals surface area (Å²) in [6, 6.07) is 4.12. The van der Waals surface area contributed by atoms with Crippen LogP contribution in [-0.2, 0) is 17.8 Å². The van der Waals surface area contributed by atoms with Crippen molar-refractivity contribution >= 4 is 11.9 Å². The van der Waals surface area contributed by atoms with Gasteiger partial charge in [-0.05, 0) is 45.2 Å². The second-order valence-electron chi connectivity index (χ2n) is 8.07. The van der Waals surface area contributed by atoms with Gasteiger partial charge in [0.15, 0.2) is 5.96 Å². The van der Waals surface area contributed by atoms with Crippen molar-refractivity contribution in [3.05, 3.63) is 23.3 Å². The molecular weight excluding hydrogens is 380 g/mol. The number of aliphatic imine (C=N–C) groups is 1. The molecule has 0 saturated carbocycles. The summed E-state index contributed by atoms with van der Waals surface area (Å²) in [5, 5.41) is 6.68. The van der Waals surface area contributed by atoms with Crippen LogP contribution in [0.15, 0.2) is 17.1 Å². The highest BCUT2D eigenvalue weighted by Crippen LogP contribution is 2.35. The maximum atomic E-state index is 12.1. The second kappa shape index (κ2) is 11.1. The van der Waals surface area contributed by atoms with E-state index in [2.05, 4.69) is 36.6 Å². The van der Waals surface area contributed by atoms with Crippen LogP contribution in [0.3, 0.4) is 0 Å². The lowest BCUT2D eigenvalue weighted by Crippen LogP contribution is -2.39. The fraction of sp³-hybridized carbons (Fsp3) is 0.652. The number of likely N-dealkylation sites (tertiary alicyclic amines) is 1. The summed E-state index contributed by atoms with van der Waals surface area (Å²) >= 11 is 0. The predicted octanol–water partition coefficient (Wildman–Crippen LogP) is 2.87. The molecule has 0 spiro atoms.